The van der Waals surface area contributed by atoms with Crippen molar-refractivity contribution in [3.63, 3.8) is 0 Å². The minimum atomic E-state index is -0.893. The molecule has 136 valence electrons. The van der Waals surface area contributed by atoms with Gasteiger partial charge in [-0.3, -0.25) is 4.79 Å². The first-order chi connectivity index (χ1) is 12.5. The third-order valence-corrected chi connectivity index (χ3v) is 3.86. The van der Waals surface area contributed by atoms with Gasteiger partial charge in [0.1, 0.15) is 5.75 Å². The number of amides is 1. The van der Waals surface area contributed by atoms with Gasteiger partial charge in [0.05, 0.1) is 13.2 Å². The molecule has 0 heterocycles. The number of carbonyl (C=O) groups is 2. The first kappa shape index (κ1) is 19.2. The lowest BCUT2D eigenvalue weighted by molar-refractivity contribution is -0.150. The van der Waals surface area contributed by atoms with Gasteiger partial charge in [0, 0.05) is 11.6 Å². The van der Waals surface area contributed by atoms with E-state index in [1.807, 2.05) is 55.5 Å². The van der Waals surface area contributed by atoms with Crippen LogP contribution in [0.4, 0.5) is 0 Å². The average Bonchev–Trinajstić information content (AvgIpc) is 2.67. The van der Waals surface area contributed by atoms with Crippen molar-refractivity contribution >= 4 is 18.0 Å². The molecule has 0 aliphatic heterocycles. The van der Waals surface area contributed by atoms with Gasteiger partial charge in [-0.2, -0.15) is 0 Å². The third-order valence-electron chi connectivity index (χ3n) is 3.86. The molecule has 0 aliphatic carbocycles. The molecule has 2 rings (SSSR count). The summed E-state index contributed by atoms with van der Waals surface area (Å²) in [5.74, 6) is -0.287. The van der Waals surface area contributed by atoms with Crippen LogP contribution in [0.2, 0.25) is 0 Å². The zero-order valence-electron chi connectivity index (χ0n) is 15.1. The Morgan fingerprint density at radius 2 is 1.65 bits per heavy atom. The van der Waals surface area contributed by atoms with E-state index in [9.17, 15) is 9.59 Å². The number of methoxy groups -OCH3 is 1. The van der Waals surface area contributed by atoms with Crippen molar-refractivity contribution in [3.05, 3.63) is 71.8 Å². The number of para-hydroxylation sites is 1. The molecule has 0 aliphatic rings. The summed E-state index contributed by atoms with van der Waals surface area (Å²) in [4.78, 5) is 24.2. The fourth-order valence-corrected chi connectivity index (χ4v) is 2.38. The SMILES string of the molecule is COc1ccccc1/C=C/C(=O)OC(C)C(=O)NC(C)c1ccccc1. The van der Waals surface area contributed by atoms with E-state index in [1.165, 1.54) is 6.08 Å². The number of carbonyl (C=O) groups excluding carboxylic acids is 2. The van der Waals surface area contributed by atoms with Crippen LogP contribution in [0.1, 0.15) is 31.0 Å². The normalized spacial score (nSPS) is 13.0. The molecule has 0 aromatic heterocycles. The maximum absolute atomic E-state index is 12.2. The molecule has 0 spiro atoms. The summed E-state index contributed by atoms with van der Waals surface area (Å²) in [6, 6.07) is 16.7. The van der Waals surface area contributed by atoms with Gasteiger partial charge in [-0.15, -0.1) is 0 Å². The summed E-state index contributed by atoms with van der Waals surface area (Å²) in [6.07, 6.45) is 1.98. The van der Waals surface area contributed by atoms with Gasteiger partial charge in [-0.05, 0) is 31.6 Å². The molecule has 0 fully saturated rings. The van der Waals surface area contributed by atoms with Gasteiger partial charge in [-0.1, -0.05) is 48.5 Å². The standard InChI is InChI=1S/C21H23NO4/c1-15(17-9-5-4-6-10-17)22-21(24)16(2)26-20(23)14-13-18-11-7-8-12-19(18)25-3/h4-16H,1-3H3,(H,22,24)/b14-13+. The van der Waals surface area contributed by atoms with Crippen LogP contribution in [0.3, 0.4) is 0 Å². The highest BCUT2D eigenvalue weighted by atomic mass is 16.5. The third kappa shape index (κ3) is 5.48. The van der Waals surface area contributed by atoms with Crippen molar-refractivity contribution in [2.45, 2.75) is 26.0 Å². The zero-order valence-corrected chi connectivity index (χ0v) is 15.1. The maximum Gasteiger partial charge on any atom is 0.331 e. The van der Waals surface area contributed by atoms with Crippen LogP contribution in [-0.4, -0.2) is 25.1 Å². The van der Waals surface area contributed by atoms with Gasteiger partial charge in [0.15, 0.2) is 6.10 Å². The molecule has 2 atom stereocenters. The lowest BCUT2D eigenvalue weighted by Gasteiger charge is -2.17. The summed E-state index contributed by atoms with van der Waals surface area (Å²) >= 11 is 0. The Kier molecular flexibility index (Phi) is 6.97. The molecule has 2 unspecified atom stereocenters. The Hall–Kier alpha value is -3.08. The summed E-state index contributed by atoms with van der Waals surface area (Å²) in [5.41, 5.74) is 1.73. The van der Waals surface area contributed by atoms with Crippen molar-refractivity contribution in [2.75, 3.05) is 7.11 Å². The van der Waals surface area contributed by atoms with Crippen LogP contribution in [0, 0.1) is 0 Å². The van der Waals surface area contributed by atoms with Crippen LogP contribution in [-0.2, 0) is 14.3 Å². The van der Waals surface area contributed by atoms with Gasteiger partial charge < -0.3 is 14.8 Å². The van der Waals surface area contributed by atoms with Crippen molar-refractivity contribution in [2.24, 2.45) is 0 Å². The number of esters is 1. The number of hydrogen-bond donors (Lipinski definition) is 1. The van der Waals surface area contributed by atoms with Gasteiger partial charge in [0.2, 0.25) is 0 Å². The van der Waals surface area contributed by atoms with Crippen molar-refractivity contribution in [1.82, 2.24) is 5.32 Å². The summed E-state index contributed by atoms with van der Waals surface area (Å²) < 4.78 is 10.4. The van der Waals surface area contributed by atoms with Crippen molar-refractivity contribution in [3.8, 4) is 5.75 Å². The minimum Gasteiger partial charge on any atom is -0.496 e. The highest BCUT2D eigenvalue weighted by molar-refractivity contribution is 5.90. The molecule has 1 amide bonds. The van der Waals surface area contributed by atoms with Gasteiger partial charge in [0.25, 0.3) is 5.91 Å². The summed E-state index contributed by atoms with van der Waals surface area (Å²) in [7, 11) is 1.56. The van der Waals surface area contributed by atoms with Gasteiger partial charge in [-0.25, -0.2) is 4.79 Å². The molecular formula is C21H23NO4. The quantitative estimate of drug-likeness (QED) is 0.611. The van der Waals surface area contributed by atoms with Crippen molar-refractivity contribution in [1.29, 1.82) is 0 Å². The van der Waals surface area contributed by atoms with E-state index in [4.69, 9.17) is 9.47 Å². The number of rotatable bonds is 7. The molecule has 0 saturated carbocycles. The molecular weight excluding hydrogens is 330 g/mol. The second kappa shape index (κ2) is 9.42. The Labute approximate surface area is 153 Å². The Balaban J connectivity index is 1.89. The molecule has 0 radical (unpaired) electrons. The molecule has 0 bridgehead atoms. The highest BCUT2D eigenvalue weighted by Gasteiger charge is 2.19. The van der Waals surface area contributed by atoms with Crippen LogP contribution in [0.5, 0.6) is 5.75 Å². The van der Waals surface area contributed by atoms with E-state index in [0.717, 1.165) is 11.1 Å². The first-order valence-corrected chi connectivity index (χ1v) is 8.38. The van der Waals surface area contributed by atoms with Crippen LogP contribution >= 0.6 is 0 Å². The summed E-state index contributed by atoms with van der Waals surface area (Å²) in [5, 5.41) is 2.83. The monoisotopic (exact) mass is 353 g/mol. The maximum atomic E-state index is 12.2. The number of ether oxygens (including phenoxy) is 2. The van der Waals surface area contributed by atoms with Crippen molar-refractivity contribution < 1.29 is 19.1 Å². The lowest BCUT2D eigenvalue weighted by Crippen LogP contribution is -2.37. The number of benzene rings is 2. The predicted molar refractivity (Wildman–Crippen MR) is 101 cm³/mol. The van der Waals surface area contributed by atoms with E-state index >= 15 is 0 Å². The molecule has 5 nitrogen and oxygen atoms in total. The van der Waals surface area contributed by atoms with E-state index < -0.39 is 12.1 Å². The smallest absolute Gasteiger partial charge is 0.331 e. The molecule has 2 aromatic rings. The first-order valence-electron chi connectivity index (χ1n) is 8.38. The number of nitrogens with one attached hydrogen (secondary N) is 1. The number of hydrogen-bond acceptors (Lipinski definition) is 4. The second-order valence-electron chi connectivity index (χ2n) is 5.80. The molecule has 0 saturated heterocycles. The fourth-order valence-electron chi connectivity index (χ4n) is 2.38. The Bertz CT molecular complexity index is 771. The molecule has 1 N–H and O–H groups in total. The molecule has 5 heteroatoms. The molecule has 26 heavy (non-hydrogen) atoms. The minimum absolute atomic E-state index is 0.172. The van der Waals surface area contributed by atoms with Crippen LogP contribution in [0.15, 0.2) is 60.7 Å². The van der Waals surface area contributed by atoms with E-state index in [0.29, 0.717) is 5.75 Å². The van der Waals surface area contributed by atoms with Gasteiger partial charge >= 0.3 is 5.97 Å². The van der Waals surface area contributed by atoms with E-state index in [-0.39, 0.29) is 11.9 Å². The zero-order chi connectivity index (χ0) is 18.9. The fraction of sp³-hybridized carbons (Fsp3) is 0.238. The second-order valence-corrected chi connectivity index (χ2v) is 5.80. The average molecular weight is 353 g/mol. The van der Waals surface area contributed by atoms with Crippen LogP contribution in [0.25, 0.3) is 6.08 Å². The Morgan fingerprint density at radius 3 is 2.35 bits per heavy atom. The largest absolute Gasteiger partial charge is 0.496 e. The molecule has 2 aromatic carbocycles. The summed E-state index contributed by atoms with van der Waals surface area (Å²) in [6.45, 7) is 3.42. The predicted octanol–water partition coefficient (Wildman–Crippen LogP) is 3.52. The van der Waals surface area contributed by atoms with E-state index in [2.05, 4.69) is 5.32 Å². The highest BCUT2D eigenvalue weighted by Crippen LogP contribution is 2.18. The Morgan fingerprint density at radius 1 is 1.00 bits per heavy atom. The topological polar surface area (TPSA) is 64.6 Å². The van der Waals surface area contributed by atoms with Crippen LogP contribution < -0.4 is 10.1 Å². The van der Waals surface area contributed by atoms with E-state index in [1.54, 1.807) is 26.2 Å². The lowest BCUT2D eigenvalue weighted by atomic mass is 10.1.